The second-order valence-corrected chi connectivity index (χ2v) is 15.4. The van der Waals surface area contributed by atoms with Gasteiger partial charge in [0, 0.05) is 82.8 Å². The van der Waals surface area contributed by atoms with E-state index in [1.165, 1.54) is 0 Å². The largest absolute Gasteiger partial charge is 0.461 e. The molecule has 2 amide bonds. The number of benzene rings is 1. The molecule has 262 valence electrons. The van der Waals surface area contributed by atoms with Crippen molar-refractivity contribution >= 4 is 23.5 Å². The molecule has 12 heteroatoms. The fraction of sp³-hybridized carbons (Fsp3) is 0.750. The number of methoxy groups -OCH3 is 4. The molecule has 13 atom stereocenters. The van der Waals surface area contributed by atoms with Crippen LogP contribution in [-0.2, 0) is 33.3 Å². The third-order valence-electron chi connectivity index (χ3n) is 14.2. The smallest absolute Gasteiger partial charge is 0.340 e. The van der Waals surface area contributed by atoms with Crippen LogP contribution in [0.15, 0.2) is 24.3 Å². The molecule has 7 aliphatic rings. The minimum atomic E-state index is -1.69. The maximum Gasteiger partial charge on any atom is 0.340 e. The number of para-hydroxylation sites is 1. The summed E-state index contributed by atoms with van der Waals surface area (Å²) in [7, 11) is 6.70. The van der Waals surface area contributed by atoms with Crippen molar-refractivity contribution in [2.75, 3.05) is 53.0 Å². The molecule has 7 bridgehead atoms. The van der Waals surface area contributed by atoms with Crippen molar-refractivity contribution in [1.82, 2.24) is 4.90 Å². The number of hydrogen-bond acceptors (Lipinski definition) is 11. The highest BCUT2D eigenvalue weighted by Crippen LogP contribution is 2.80. The average molecular weight is 669 g/mol. The van der Waals surface area contributed by atoms with Crippen molar-refractivity contribution in [2.45, 2.75) is 87.1 Å². The first-order valence-electron chi connectivity index (χ1n) is 17.5. The fourth-order valence-electron chi connectivity index (χ4n) is 13.0. The monoisotopic (exact) mass is 668 g/mol. The number of ether oxygens (including phenoxy) is 5. The summed E-state index contributed by atoms with van der Waals surface area (Å²) in [5.74, 6) is -2.00. The number of anilines is 1. The van der Waals surface area contributed by atoms with Crippen LogP contribution in [-0.4, -0.2) is 123 Å². The van der Waals surface area contributed by atoms with Crippen molar-refractivity contribution in [3.63, 3.8) is 0 Å². The van der Waals surface area contributed by atoms with Crippen molar-refractivity contribution in [3.8, 4) is 0 Å². The molecule has 0 aromatic heterocycles. The van der Waals surface area contributed by atoms with Gasteiger partial charge < -0.3 is 33.9 Å². The van der Waals surface area contributed by atoms with Crippen LogP contribution < -0.4 is 4.90 Å². The predicted octanol–water partition coefficient (Wildman–Crippen LogP) is 1.79. The highest BCUT2D eigenvalue weighted by atomic mass is 16.5. The Morgan fingerprint density at radius 2 is 1.73 bits per heavy atom. The third kappa shape index (κ3) is 3.67. The van der Waals surface area contributed by atoms with Gasteiger partial charge in [-0.15, -0.1) is 0 Å². The molecule has 5 aliphatic carbocycles. The van der Waals surface area contributed by atoms with E-state index in [9.17, 15) is 24.6 Å². The van der Waals surface area contributed by atoms with Gasteiger partial charge in [-0.3, -0.25) is 14.5 Å². The van der Waals surface area contributed by atoms with E-state index in [0.29, 0.717) is 25.9 Å². The van der Waals surface area contributed by atoms with Gasteiger partial charge in [-0.2, -0.15) is 0 Å². The lowest BCUT2D eigenvalue weighted by Crippen LogP contribution is -2.82. The van der Waals surface area contributed by atoms with Gasteiger partial charge in [0.2, 0.25) is 11.8 Å². The minimum Gasteiger partial charge on any atom is -0.461 e. The molecule has 1 aromatic rings. The fourth-order valence-corrected chi connectivity index (χ4v) is 13.0. The van der Waals surface area contributed by atoms with Crippen LogP contribution in [0.25, 0.3) is 0 Å². The van der Waals surface area contributed by atoms with Crippen LogP contribution in [0.4, 0.5) is 5.69 Å². The van der Waals surface area contributed by atoms with Gasteiger partial charge in [-0.05, 0) is 43.9 Å². The van der Waals surface area contributed by atoms with Gasteiger partial charge >= 0.3 is 5.97 Å². The summed E-state index contributed by atoms with van der Waals surface area (Å²) in [6.45, 7) is 3.24. The van der Waals surface area contributed by atoms with Gasteiger partial charge in [0.1, 0.15) is 11.2 Å². The molecule has 7 fully saturated rings. The number of piperidine rings is 1. The van der Waals surface area contributed by atoms with Crippen LogP contribution in [0.5, 0.6) is 0 Å². The van der Waals surface area contributed by atoms with Crippen molar-refractivity contribution < 1.29 is 48.3 Å². The maximum absolute atomic E-state index is 14.0. The highest BCUT2D eigenvalue weighted by molar-refractivity contribution is 6.21. The summed E-state index contributed by atoms with van der Waals surface area (Å²) in [4.78, 5) is 42.6. The standard InChI is InChI=1S/C36H48N2O10/c1-6-37-17-33(18-48-31(41)19-9-7-8-10-22(19)38-25(39)11-12-26(38)40)14-13-24(45-3)35-21-15-20-23(44-2)16-34(42,27(21)28(20)46-4)36(43,32(35)37)30(47-5)29(33)35/h7-10,20-21,23-24,27-30,32,42-43H,6,11-18H2,1-5H3/t20-,21-,23+,24+,27-,28-,29-,30+,32+,33+,34-,35+,36-/m1/s1. The molecule has 48 heavy (non-hydrogen) atoms. The van der Waals surface area contributed by atoms with Gasteiger partial charge in [0.25, 0.3) is 0 Å². The van der Waals surface area contributed by atoms with E-state index in [1.54, 1.807) is 52.7 Å². The molecule has 12 nitrogen and oxygen atoms in total. The summed E-state index contributed by atoms with van der Waals surface area (Å²) >= 11 is 0. The summed E-state index contributed by atoms with van der Waals surface area (Å²) in [6.07, 6.45) is 0.951. The predicted molar refractivity (Wildman–Crippen MR) is 170 cm³/mol. The molecule has 5 saturated carbocycles. The molecule has 2 aliphatic heterocycles. The summed E-state index contributed by atoms with van der Waals surface area (Å²) in [5, 5.41) is 26.5. The molecule has 2 N–H and O–H groups in total. The number of likely N-dealkylation sites (tertiary alicyclic amines) is 1. The lowest BCUT2D eigenvalue weighted by molar-refractivity contribution is -0.320. The van der Waals surface area contributed by atoms with E-state index < -0.39 is 40.1 Å². The first kappa shape index (κ1) is 32.7. The number of esters is 1. The van der Waals surface area contributed by atoms with Crippen LogP contribution in [0.3, 0.4) is 0 Å². The zero-order valence-corrected chi connectivity index (χ0v) is 28.4. The van der Waals surface area contributed by atoms with E-state index in [2.05, 4.69) is 11.8 Å². The Hall–Kier alpha value is -2.45. The zero-order chi connectivity index (χ0) is 34.0. The average Bonchev–Trinajstić information content (AvgIpc) is 3.66. The lowest BCUT2D eigenvalue weighted by atomic mass is 9.42. The summed E-state index contributed by atoms with van der Waals surface area (Å²) in [5.41, 5.74) is -4.15. The number of aliphatic hydroxyl groups is 2. The van der Waals surface area contributed by atoms with Gasteiger partial charge in [-0.1, -0.05) is 19.1 Å². The van der Waals surface area contributed by atoms with E-state index >= 15 is 0 Å². The van der Waals surface area contributed by atoms with Crippen LogP contribution in [0, 0.1) is 34.5 Å². The number of amides is 2. The number of hydrogen-bond donors (Lipinski definition) is 2. The number of fused-ring (bicyclic) bond motifs is 2. The molecule has 0 unspecified atom stereocenters. The molecule has 2 saturated heterocycles. The number of imide groups is 1. The van der Waals surface area contributed by atoms with Crippen molar-refractivity contribution in [3.05, 3.63) is 29.8 Å². The topological polar surface area (TPSA) is 144 Å². The van der Waals surface area contributed by atoms with E-state index in [1.807, 2.05) is 0 Å². The molecule has 0 radical (unpaired) electrons. The first-order valence-corrected chi connectivity index (χ1v) is 17.5. The molecular formula is C36H48N2O10. The van der Waals surface area contributed by atoms with Crippen molar-refractivity contribution in [2.24, 2.45) is 34.5 Å². The number of carbonyl (C=O) groups is 3. The normalized spacial score (nSPS) is 47.1. The Morgan fingerprint density at radius 3 is 2.38 bits per heavy atom. The number of likely N-dealkylation sites (N-methyl/N-ethyl adjacent to an activating group) is 1. The van der Waals surface area contributed by atoms with E-state index in [-0.39, 0.29) is 90.9 Å². The lowest BCUT2D eigenvalue weighted by Gasteiger charge is -2.70. The zero-order valence-electron chi connectivity index (χ0n) is 28.4. The second kappa shape index (κ2) is 11.0. The minimum absolute atomic E-state index is 0.0394. The second-order valence-electron chi connectivity index (χ2n) is 15.4. The van der Waals surface area contributed by atoms with E-state index in [0.717, 1.165) is 11.3 Å². The summed E-state index contributed by atoms with van der Waals surface area (Å²) in [6, 6.07) is 6.11. The molecular weight excluding hydrogens is 620 g/mol. The molecule has 2 heterocycles. The third-order valence-corrected chi connectivity index (χ3v) is 14.2. The first-order chi connectivity index (χ1) is 23.0. The van der Waals surface area contributed by atoms with Crippen LogP contribution in [0.2, 0.25) is 0 Å². The van der Waals surface area contributed by atoms with Crippen LogP contribution in [0.1, 0.15) is 55.8 Å². The summed E-state index contributed by atoms with van der Waals surface area (Å²) < 4.78 is 31.3. The Kier molecular flexibility index (Phi) is 7.52. The van der Waals surface area contributed by atoms with Gasteiger partial charge in [0.15, 0.2) is 0 Å². The Labute approximate surface area is 280 Å². The number of rotatable bonds is 9. The quantitative estimate of drug-likeness (QED) is 0.294. The number of nitrogens with zero attached hydrogens (tertiary/aromatic N) is 2. The van der Waals surface area contributed by atoms with E-state index in [4.69, 9.17) is 23.7 Å². The van der Waals surface area contributed by atoms with Crippen molar-refractivity contribution in [1.29, 1.82) is 0 Å². The van der Waals surface area contributed by atoms with Gasteiger partial charge in [-0.25, -0.2) is 9.69 Å². The molecule has 8 rings (SSSR count). The van der Waals surface area contributed by atoms with Gasteiger partial charge in [0.05, 0.1) is 48.3 Å². The van der Waals surface area contributed by atoms with Crippen LogP contribution >= 0.6 is 0 Å². The SMILES string of the molecule is CCN1C[C@]2(COC(=O)c3ccccc3N3C(=O)CCC3=O)CC[C@H](OC)[C@@]34[C@@H]5C[C@H]6[C@@H](OC)[C@@H]5[C@](O)(C[C@@H]6OC)[C@@](O)([C@@H](OC)[C@H]23)[C@@H]14. The Bertz CT molecular complexity index is 1510. The maximum atomic E-state index is 14.0. The Morgan fingerprint density at radius 1 is 1.00 bits per heavy atom. The molecule has 1 aromatic carbocycles. The highest BCUT2D eigenvalue weighted by Gasteiger charge is 2.91. The Balaban J connectivity index is 1.24. The number of carbonyl (C=O) groups excluding carboxylic acids is 3. The molecule has 1 spiro atoms.